The molecule has 4 nitrogen and oxygen atoms in total. The van der Waals surface area contributed by atoms with E-state index in [9.17, 15) is 4.79 Å². The zero-order valence-electron chi connectivity index (χ0n) is 11.7. The third-order valence-corrected chi connectivity index (χ3v) is 4.29. The normalized spacial score (nSPS) is 20.0. The average Bonchev–Trinajstić information content (AvgIpc) is 2.99. The minimum atomic E-state index is -0.608. The highest BCUT2D eigenvalue weighted by atomic mass is 32.1. The maximum atomic E-state index is 12.2. The Morgan fingerprint density at radius 2 is 1.95 bits per heavy atom. The molecular formula is C16H17NO3S. The second-order valence-corrected chi connectivity index (χ2v) is 5.96. The molecule has 2 atom stereocenters. The van der Waals surface area contributed by atoms with Crippen LogP contribution in [0, 0.1) is 0 Å². The van der Waals surface area contributed by atoms with Gasteiger partial charge in [-0.2, -0.15) is 0 Å². The molecule has 1 amide bonds. The molecule has 1 aliphatic rings. The second kappa shape index (κ2) is 6.18. The van der Waals surface area contributed by atoms with E-state index >= 15 is 0 Å². The number of thiophene rings is 1. The van der Waals surface area contributed by atoms with Gasteiger partial charge in [-0.3, -0.25) is 4.79 Å². The van der Waals surface area contributed by atoms with Crippen LogP contribution in [0.5, 0.6) is 11.5 Å². The van der Waals surface area contributed by atoms with Crippen LogP contribution in [-0.4, -0.2) is 24.7 Å². The molecule has 0 spiro atoms. The van der Waals surface area contributed by atoms with E-state index in [0.717, 1.165) is 6.42 Å². The fourth-order valence-electron chi connectivity index (χ4n) is 2.27. The number of fused-ring (bicyclic) bond motifs is 1. The van der Waals surface area contributed by atoms with Gasteiger partial charge in [0, 0.05) is 11.4 Å². The van der Waals surface area contributed by atoms with E-state index in [4.69, 9.17) is 9.47 Å². The smallest absolute Gasteiger partial charge is 0.265 e. The molecule has 2 unspecified atom stereocenters. The predicted octanol–water partition coefficient (Wildman–Crippen LogP) is 2.64. The Morgan fingerprint density at radius 1 is 1.19 bits per heavy atom. The molecule has 0 saturated heterocycles. The molecule has 0 saturated carbocycles. The summed E-state index contributed by atoms with van der Waals surface area (Å²) in [6, 6.07) is 11.5. The van der Waals surface area contributed by atoms with Gasteiger partial charge in [-0.15, -0.1) is 11.3 Å². The van der Waals surface area contributed by atoms with Crippen molar-refractivity contribution in [1.29, 1.82) is 0 Å². The fourth-order valence-corrected chi connectivity index (χ4v) is 2.98. The van der Waals surface area contributed by atoms with Crippen molar-refractivity contribution < 1.29 is 14.3 Å². The fraction of sp³-hybridized carbons (Fsp3) is 0.312. The number of benzene rings is 1. The first-order valence-electron chi connectivity index (χ1n) is 6.96. The number of nitrogens with one attached hydrogen (secondary N) is 1. The zero-order chi connectivity index (χ0) is 14.7. The lowest BCUT2D eigenvalue weighted by atomic mass is 10.1. The molecule has 0 fully saturated rings. The Kier molecular flexibility index (Phi) is 4.10. The van der Waals surface area contributed by atoms with Crippen LogP contribution in [0.2, 0.25) is 0 Å². The molecule has 0 aliphatic carbocycles. The van der Waals surface area contributed by atoms with Gasteiger partial charge in [0.1, 0.15) is 6.10 Å². The maximum Gasteiger partial charge on any atom is 0.265 e. The van der Waals surface area contributed by atoms with Gasteiger partial charge in [0.15, 0.2) is 11.5 Å². The third-order valence-electron chi connectivity index (χ3n) is 3.35. The van der Waals surface area contributed by atoms with Crippen molar-refractivity contribution in [3.05, 3.63) is 46.7 Å². The first kappa shape index (κ1) is 13.9. The molecular weight excluding hydrogens is 286 g/mol. The number of carbonyl (C=O) groups is 1. The van der Waals surface area contributed by atoms with Crippen LogP contribution in [0.15, 0.2) is 41.8 Å². The van der Waals surface area contributed by atoms with E-state index in [1.54, 1.807) is 11.3 Å². The molecule has 2 heterocycles. The number of hydrogen-bond donors (Lipinski definition) is 1. The summed E-state index contributed by atoms with van der Waals surface area (Å²) in [6.45, 7) is 2.45. The van der Waals surface area contributed by atoms with Gasteiger partial charge >= 0.3 is 0 Å². The molecule has 1 aliphatic heterocycles. The van der Waals surface area contributed by atoms with Crippen LogP contribution >= 0.6 is 11.3 Å². The largest absolute Gasteiger partial charge is 0.482 e. The molecule has 0 bridgehead atoms. The molecule has 0 radical (unpaired) electrons. The van der Waals surface area contributed by atoms with E-state index in [1.807, 2.05) is 42.6 Å². The van der Waals surface area contributed by atoms with Crippen LogP contribution in [0.25, 0.3) is 0 Å². The Balaban J connectivity index is 1.57. The first-order chi connectivity index (χ1) is 10.2. The number of hydrogen-bond acceptors (Lipinski definition) is 4. The number of rotatable bonds is 4. The van der Waals surface area contributed by atoms with Crippen LogP contribution < -0.4 is 14.8 Å². The zero-order valence-corrected chi connectivity index (χ0v) is 12.6. The van der Waals surface area contributed by atoms with Gasteiger partial charge in [0.05, 0.1) is 0 Å². The molecule has 1 N–H and O–H groups in total. The van der Waals surface area contributed by atoms with Crippen LogP contribution in [-0.2, 0) is 11.2 Å². The van der Waals surface area contributed by atoms with Gasteiger partial charge in [0.25, 0.3) is 5.91 Å². The van der Waals surface area contributed by atoms with E-state index in [-0.39, 0.29) is 12.0 Å². The number of para-hydroxylation sites is 2. The standard InChI is InChI=1S/C16H17NO3S/c1-11-15(20-14-7-3-2-6-13(14)19-11)16(18)17-9-8-12-5-4-10-21-12/h2-7,10-11,15H,8-9H2,1H3,(H,17,18). The number of ether oxygens (including phenoxy) is 2. The molecule has 2 aromatic rings. The highest BCUT2D eigenvalue weighted by molar-refractivity contribution is 7.09. The van der Waals surface area contributed by atoms with Crippen molar-refractivity contribution in [2.75, 3.05) is 6.54 Å². The van der Waals surface area contributed by atoms with Gasteiger partial charge in [-0.1, -0.05) is 18.2 Å². The third kappa shape index (κ3) is 3.19. The highest BCUT2D eigenvalue weighted by Gasteiger charge is 2.33. The number of carbonyl (C=O) groups excluding carboxylic acids is 1. The van der Waals surface area contributed by atoms with Crippen LogP contribution in [0.3, 0.4) is 0 Å². The van der Waals surface area contributed by atoms with Crippen LogP contribution in [0.4, 0.5) is 0 Å². The summed E-state index contributed by atoms with van der Waals surface area (Å²) < 4.78 is 11.5. The minimum Gasteiger partial charge on any atom is -0.482 e. The summed E-state index contributed by atoms with van der Waals surface area (Å²) in [7, 11) is 0. The SMILES string of the molecule is CC1Oc2ccccc2OC1C(=O)NCCc1cccs1. The first-order valence-corrected chi connectivity index (χ1v) is 7.84. The summed E-state index contributed by atoms with van der Waals surface area (Å²) in [5.74, 6) is 1.18. The van der Waals surface area contributed by atoms with Gasteiger partial charge in [-0.25, -0.2) is 0 Å². The van der Waals surface area contributed by atoms with E-state index in [0.29, 0.717) is 18.0 Å². The topological polar surface area (TPSA) is 47.6 Å². The van der Waals surface area contributed by atoms with Crippen molar-refractivity contribution in [3.8, 4) is 11.5 Å². The summed E-state index contributed by atoms with van der Waals surface area (Å²) in [6.07, 6.45) is -0.0769. The van der Waals surface area contributed by atoms with Crippen molar-refractivity contribution in [2.45, 2.75) is 25.6 Å². The molecule has 110 valence electrons. The Hall–Kier alpha value is -2.01. The molecule has 1 aromatic carbocycles. The molecule has 5 heteroatoms. The van der Waals surface area contributed by atoms with Crippen molar-refractivity contribution >= 4 is 17.2 Å². The van der Waals surface area contributed by atoms with E-state index in [2.05, 4.69) is 11.4 Å². The van der Waals surface area contributed by atoms with Crippen molar-refractivity contribution in [1.82, 2.24) is 5.32 Å². The van der Waals surface area contributed by atoms with Gasteiger partial charge in [-0.05, 0) is 36.9 Å². The van der Waals surface area contributed by atoms with E-state index in [1.165, 1.54) is 4.88 Å². The molecule has 21 heavy (non-hydrogen) atoms. The van der Waals surface area contributed by atoms with Crippen molar-refractivity contribution in [3.63, 3.8) is 0 Å². The summed E-state index contributed by atoms with van der Waals surface area (Å²) >= 11 is 1.69. The van der Waals surface area contributed by atoms with E-state index < -0.39 is 6.10 Å². The van der Waals surface area contributed by atoms with Crippen LogP contribution in [0.1, 0.15) is 11.8 Å². The monoisotopic (exact) mass is 303 g/mol. The summed E-state index contributed by atoms with van der Waals surface area (Å²) in [4.78, 5) is 13.5. The minimum absolute atomic E-state index is 0.131. The highest BCUT2D eigenvalue weighted by Crippen LogP contribution is 2.33. The quantitative estimate of drug-likeness (QED) is 0.944. The lowest BCUT2D eigenvalue weighted by Gasteiger charge is -2.31. The molecule has 3 rings (SSSR count). The average molecular weight is 303 g/mol. The van der Waals surface area contributed by atoms with Gasteiger partial charge in [0.2, 0.25) is 6.10 Å². The molecule has 1 aromatic heterocycles. The Labute approximate surface area is 127 Å². The predicted molar refractivity (Wildman–Crippen MR) is 82.0 cm³/mol. The summed E-state index contributed by atoms with van der Waals surface area (Å²) in [5, 5.41) is 4.95. The Morgan fingerprint density at radius 3 is 2.67 bits per heavy atom. The number of amides is 1. The van der Waals surface area contributed by atoms with Crippen molar-refractivity contribution in [2.24, 2.45) is 0 Å². The lowest BCUT2D eigenvalue weighted by Crippen LogP contribution is -2.49. The second-order valence-electron chi connectivity index (χ2n) is 4.93. The summed E-state index contributed by atoms with van der Waals surface area (Å²) in [5.41, 5.74) is 0. The van der Waals surface area contributed by atoms with Gasteiger partial charge < -0.3 is 14.8 Å². The Bertz CT molecular complexity index is 612. The lowest BCUT2D eigenvalue weighted by molar-refractivity contribution is -0.133. The maximum absolute atomic E-state index is 12.2.